The van der Waals surface area contributed by atoms with Gasteiger partial charge in [-0.3, -0.25) is 4.79 Å². The summed E-state index contributed by atoms with van der Waals surface area (Å²) in [5.41, 5.74) is 2.07. The van der Waals surface area contributed by atoms with Gasteiger partial charge in [0.25, 0.3) is 11.6 Å². The molecule has 0 spiro atoms. The maximum atomic E-state index is 13.2. The summed E-state index contributed by atoms with van der Waals surface area (Å²) in [4.78, 5) is 22.0. The van der Waals surface area contributed by atoms with Crippen molar-refractivity contribution in [2.45, 2.75) is 57.5 Å². The first-order valence-electron chi connectivity index (χ1n) is 9.44. The minimum absolute atomic E-state index is 0.0980. The highest BCUT2D eigenvalue weighted by Gasteiger charge is 2.38. The van der Waals surface area contributed by atoms with E-state index < -0.39 is 0 Å². The number of hydrogen-bond donors (Lipinski definition) is 0. The average Bonchev–Trinajstić information content (AvgIpc) is 3.34. The number of fused-ring (bicyclic) bond motifs is 1. The van der Waals surface area contributed by atoms with E-state index in [2.05, 4.69) is 33.9 Å². The van der Waals surface area contributed by atoms with Gasteiger partial charge in [-0.2, -0.15) is 0 Å². The van der Waals surface area contributed by atoms with Crippen LogP contribution in [0.5, 0.6) is 0 Å². The fraction of sp³-hybridized carbons (Fsp3) is 0.632. The van der Waals surface area contributed by atoms with E-state index in [1.165, 1.54) is 12.8 Å². The monoisotopic (exact) mass is 342 g/mol. The molecule has 0 N–H and O–H groups in total. The summed E-state index contributed by atoms with van der Waals surface area (Å²) in [5.74, 6) is 0.0980. The van der Waals surface area contributed by atoms with Gasteiger partial charge in [-0.05, 0) is 51.8 Å². The molecule has 4 heterocycles. The predicted molar refractivity (Wildman–Crippen MR) is 95.5 cm³/mol. The van der Waals surface area contributed by atoms with Crippen LogP contribution in [0.15, 0.2) is 16.8 Å². The molecule has 0 saturated carbocycles. The van der Waals surface area contributed by atoms with Gasteiger partial charge in [-0.1, -0.05) is 18.5 Å². The normalized spacial score (nSPS) is 24.5. The van der Waals surface area contributed by atoms with Crippen molar-refractivity contribution in [3.05, 3.63) is 23.5 Å². The second-order valence-corrected chi connectivity index (χ2v) is 7.35. The SMILES string of the molecule is CCCc1noc2ncc(C(=O)N3CCC[C@H]3[C@H]3CCCN3C)cc12. The minimum Gasteiger partial charge on any atom is -0.336 e. The Labute approximate surface area is 148 Å². The Hall–Kier alpha value is -1.95. The first kappa shape index (κ1) is 16.5. The third kappa shape index (κ3) is 2.92. The van der Waals surface area contributed by atoms with E-state index in [0.29, 0.717) is 23.4 Å². The van der Waals surface area contributed by atoms with Crippen LogP contribution in [-0.4, -0.2) is 58.1 Å². The lowest BCUT2D eigenvalue weighted by molar-refractivity contribution is 0.0664. The number of carbonyl (C=O) groups is 1. The van der Waals surface area contributed by atoms with Crippen LogP contribution in [-0.2, 0) is 6.42 Å². The molecule has 0 unspecified atom stereocenters. The van der Waals surface area contributed by atoms with Crippen molar-refractivity contribution in [3.63, 3.8) is 0 Å². The summed E-state index contributed by atoms with van der Waals surface area (Å²) < 4.78 is 5.29. The van der Waals surface area contributed by atoms with E-state index in [4.69, 9.17) is 4.52 Å². The van der Waals surface area contributed by atoms with E-state index >= 15 is 0 Å². The molecule has 0 aromatic carbocycles. The zero-order valence-electron chi connectivity index (χ0n) is 15.1. The van der Waals surface area contributed by atoms with Crippen molar-refractivity contribution in [1.82, 2.24) is 19.9 Å². The zero-order valence-corrected chi connectivity index (χ0v) is 15.1. The molecule has 2 aromatic heterocycles. The highest BCUT2D eigenvalue weighted by Crippen LogP contribution is 2.30. The van der Waals surface area contributed by atoms with Crippen LogP contribution < -0.4 is 0 Å². The molecule has 2 aliphatic heterocycles. The Kier molecular flexibility index (Phi) is 4.46. The molecule has 2 fully saturated rings. The standard InChI is InChI=1S/C19H26N4O2/c1-3-6-15-14-11-13(12-20-18(14)25-21-15)19(24)23-10-5-8-17(23)16-7-4-9-22(16)2/h11-12,16-17H,3-10H2,1-2H3/t16-,17+/m1/s1. The number of amides is 1. The molecule has 0 radical (unpaired) electrons. The van der Waals surface area contributed by atoms with Crippen molar-refractivity contribution in [2.24, 2.45) is 0 Å². The van der Waals surface area contributed by atoms with Gasteiger partial charge in [-0.25, -0.2) is 4.98 Å². The van der Waals surface area contributed by atoms with E-state index in [-0.39, 0.29) is 5.91 Å². The third-order valence-corrected chi connectivity index (χ3v) is 5.72. The van der Waals surface area contributed by atoms with Crippen molar-refractivity contribution in [1.29, 1.82) is 0 Å². The van der Waals surface area contributed by atoms with Gasteiger partial charge in [0.15, 0.2) is 0 Å². The highest BCUT2D eigenvalue weighted by atomic mass is 16.5. The summed E-state index contributed by atoms with van der Waals surface area (Å²) in [5, 5.41) is 4.98. The van der Waals surface area contributed by atoms with Gasteiger partial charge >= 0.3 is 0 Å². The highest BCUT2D eigenvalue weighted by molar-refractivity contribution is 5.97. The predicted octanol–water partition coefficient (Wildman–Crippen LogP) is 2.87. The van der Waals surface area contributed by atoms with Gasteiger partial charge in [-0.15, -0.1) is 0 Å². The van der Waals surface area contributed by atoms with Gasteiger partial charge < -0.3 is 14.3 Å². The lowest BCUT2D eigenvalue weighted by Crippen LogP contribution is -2.47. The zero-order chi connectivity index (χ0) is 17.4. The van der Waals surface area contributed by atoms with Crippen LogP contribution in [0.2, 0.25) is 0 Å². The summed E-state index contributed by atoms with van der Waals surface area (Å²) in [7, 11) is 2.18. The Bertz CT molecular complexity index is 772. The lowest BCUT2D eigenvalue weighted by Gasteiger charge is -2.33. The van der Waals surface area contributed by atoms with E-state index in [9.17, 15) is 4.79 Å². The average molecular weight is 342 g/mol. The number of hydrogen-bond acceptors (Lipinski definition) is 5. The van der Waals surface area contributed by atoms with E-state index in [1.54, 1.807) is 6.20 Å². The summed E-state index contributed by atoms with van der Waals surface area (Å²) >= 11 is 0. The molecule has 4 rings (SSSR count). The summed E-state index contributed by atoms with van der Waals surface area (Å²) in [6.07, 6.45) is 8.07. The minimum atomic E-state index is 0.0980. The Morgan fingerprint density at radius 2 is 2.08 bits per heavy atom. The second kappa shape index (κ2) is 6.75. The van der Waals surface area contributed by atoms with Crippen LogP contribution in [0.25, 0.3) is 11.1 Å². The van der Waals surface area contributed by atoms with Crippen LogP contribution >= 0.6 is 0 Å². The first-order chi connectivity index (χ1) is 12.2. The number of rotatable bonds is 4. The first-order valence-corrected chi connectivity index (χ1v) is 9.44. The maximum absolute atomic E-state index is 13.2. The smallest absolute Gasteiger partial charge is 0.257 e. The molecular weight excluding hydrogens is 316 g/mol. The van der Waals surface area contributed by atoms with Crippen LogP contribution in [0.4, 0.5) is 0 Å². The molecule has 134 valence electrons. The van der Waals surface area contributed by atoms with E-state index in [0.717, 1.165) is 49.9 Å². The molecule has 1 amide bonds. The number of carbonyl (C=O) groups excluding carboxylic acids is 1. The van der Waals surface area contributed by atoms with Crippen molar-refractivity contribution < 1.29 is 9.32 Å². The Morgan fingerprint density at radius 3 is 2.84 bits per heavy atom. The Morgan fingerprint density at radius 1 is 1.28 bits per heavy atom. The summed E-state index contributed by atoms with van der Waals surface area (Å²) in [6.45, 7) is 4.09. The second-order valence-electron chi connectivity index (χ2n) is 7.35. The number of aryl methyl sites for hydroxylation is 1. The molecular formula is C19H26N4O2. The molecule has 25 heavy (non-hydrogen) atoms. The van der Waals surface area contributed by atoms with Gasteiger partial charge in [0.05, 0.1) is 16.6 Å². The number of pyridine rings is 1. The van der Waals surface area contributed by atoms with Crippen molar-refractivity contribution in [2.75, 3.05) is 20.1 Å². The summed E-state index contributed by atoms with van der Waals surface area (Å²) in [6, 6.07) is 2.74. The molecule has 2 saturated heterocycles. The number of likely N-dealkylation sites (N-methyl/N-ethyl adjacent to an activating group) is 1. The fourth-order valence-corrected chi connectivity index (χ4v) is 4.45. The van der Waals surface area contributed by atoms with Gasteiger partial charge in [0.2, 0.25) is 0 Å². The molecule has 6 nitrogen and oxygen atoms in total. The quantitative estimate of drug-likeness (QED) is 0.855. The fourth-order valence-electron chi connectivity index (χ4n) is 4.45. The largest absolute Gasteiger partial charge is 0.336 e. The van der Waals surface area contributed by atoms with Gasteiger partial charge in [0.1, 0.15) is 0 Å². The lowest BCUT2D eigenvalue weighted by atomic mass is 10.0. The molecule has 0 aliphatic carbocycles. The van der Waals surface area contributed by atoms with Gasteiger partial charge in [0, 0.05) is 24.8 Å². The number of nitrogens with zero attached hydrogens (tertiary/aromatic N) is 4. The molecule has 2 atom stereocenters. The maximum Gasteiger partial charge on any atom is 0.257 e. The molecule has 2 aliphatic rings. The molecule has 2 aromatic rings. The number of likely N-dealkylation sites (tertiary alicyclic amines) is 2. The van der Waals surface area contributed by atoms with Crippen LogP contribution in [0.3, 0.4) is 0 Å². The van der Waals surface area contributed by atoms with Crippen molar-refractivity contribution in [3.8, 4) is 0 Å². The van der Waals surface area contributed by atoms with E-state index in [1.807, 2.05) is 6.07 Å². The van der Waals surface area contributed by atoms with Crippen molar-refractivity contribution >= 4 is 17.0 Å². The van der Waals surface area contributed by atoms with Crippen LogP contribution in [0.1, 0.15) is 55.1 Å². The number of aromatic nitrogens is 2. The molecule has 6 heteroatoms. The molecule has 0 bridgehead atoms. The topological polar surface area (TPSA) is 62.5 Å². The third-order valence-electron chi connectivity index (χ3n) is 5.72. The Balaban J connectivity index is 1.61. The van der Waals surface area contributed by atoms with Crippen LogP contribution in [0, 0.1) is 0 Å².